The van der Waals surface area contributed by atoms with E-state index in [9.17, 15) is 0 Å². The van der Waals surface area contributed by atoms with Crippen LogP contribution in [0.4, 0.5) is 5.69 Å². The molecular formula is C16H19ClN2O. The van der Waals surface area contributed by atoms with Gasteiger partial charge in [-0.3, -0.25) is 0 Å². The molecule has 0 aliphatic heterocycles. The molecule has 0 fully saturated rings. The van der Waals surface area contributed by atoms with Crippen molar-refractivity contribution in [3.63, 3.8) is 0 Å². The van der Waals surface area contributed by atoms with Gasteiger partial charge in [0.05, 0.1) is 7.11 Å². The van der Waals surface area contributed by atoms with Crippen LogP contribution in [0.25, 0.3) is 0 Å². The average molecular weight is 291 g/mol. The molecule has 4 heteroatoms. The smallest absolute Gasteiger partial charge is 0.123 e. The van der Waals surface area contributed by atoms with E-state index in [4.69, 9.17) is 22.1 Å². The summed E-state index contributed by atoms with van der Waals surface area (Å²) in [7, 11) is 3.70. The van der Waals surface area contributed by atoms with Crippen LogP contribution < -0.4 is 15.4 Å². The molecule has 0 atom stereocenters. The van der Waals surface area contributed by atoms with Gasteiger partial charge in [0.15, 0.2) is 0 Å². The molecule has 20 heavy (non-hydrogen) atoms. The van der Waals surface area contributed by atoms with Crippen LogP contribution in [0, 0.1) is 0 Å². The van der Waals surface area contributed by atoms with Crippen molar-refractivity contribution >= 4 is 17.3 Å². The van der Waals surface area contributed by atoms with Crippen LogP contribution in [0.5, 0.6) is 5.75 Å². The maximum atomic E-state index is 6.07. The van der Waals surface area contributed by atoms with E-state index < -0.39 is 0 Å². The fourth-order valence-electron chi connectivity index (χ4n) is 2.27. The molecule has 0 amide bonds. The molecule has 0 saturated heterocycles. The molecule has 0 aliphatic rings. The number of para-hydroxylation sites is 1. The summed E-state index contributed by atoms with van der Waals surface area (Å²) in [6.45, 7) is 1.23. The Morgan fingerprint density at radius 2 is 1.90 bits per heavy atom. The first kappa shape index (κ1) is 14.7. The highest BCUT2D eigenvalue weighted by Crippen LogP contribution is 2.27. The quantitative estimate of drug-likeness (QED) is 0.917. The van der Waals surface area contributed by atoms with E-state index in [1.807, 2.05) is 43.4 Å². The van der Waals surface area contributed by atoms with Crippen LogP contribution in [-0.4, -0.2) is 14.2 Å². The van der Waals surface area contributed by atoms with Gasteiger partial charge in [0, 0.05) is 36.4 Å². The van der Waals surface area contributed by atoms with Gasteiger partial charge >= 0.3 is 0 Å². The number of hydrogen-bond donors (Lipinski definition) is 1. The summed E-state index contributed by atoms with van der Waals surface area (Å²) in [5.74, 6) is 0.839. The standard InChI is InChI=1S/C16H19ClN2O/c1-19(15-6-4-3-5-12(15)10-18)11-13-9-14(17)7-8-16(13)20-2/h3-9H,10-11,18H2,1-2H3. The monoisotopic (exact) mass is 290 g/mol. The van der Waals surface area contributed by atoms with E-state index in [1.165, 1.54) is 0 Å². The Hall–Kier alpha value is -1.71. The fraction of sp³-hybridized carbons (Fsp3) is 0.250. The number of benzene rings is 2. The number of nitrogens with zero attached hydrogens (tertiary/aromatic N) is 1. The van der Waals surface area contributed by atoms with Crippen molar-refractivity contribution in [1.82, 2.24) is 0 Å². The SMILES string of the molecule is COc1ccc(Cl)cc1CN(C)c1ccccc1CN. The van der Waals surface area contributed by atoms with Gasteiger partial charge in [-0.15, -0.1) is 0 Å². The molecule has 0 spiro atoms. The Labute approximate surface area is 124 Å². The highest BCUT2D eigenvalue weighted by Gasteiger charge is 2.10. The third-order valence-corrected chi connectivity index (χ3v) is 3.51. The number of methoxy groups -OCH3 is 1. The lowest BCUT2D eigenvalue weighted by Crippen LogP contribution is -2.19. The molecule has 0 heterocycles. The second-order valence-electron chi connectivity index (χ2n) is 4.65. The van der Waals surface area contributed by atoms with E-state index in [1.54, 1.807) is 7.11 Å². The molecule has 0 aliphatic carbocycles. The number of nitrogens with two attached hydrogens (primary N) is 1. The Morgan fingerprint density at radius 3 is 2.60 bits per heavy atom. The van der Waals surface area contributed by atoms with Crippen LogP contribution in [-0.2, 0) is 13.1 Å². The number of anilines is 1. The lowest BCUT2D eigenvalue weighted by atomic mass is 10.1. The molecule has 2 rings (SSSR count). The molecular weight excluding hydrogens is 272 g/mol. The summed E-state index contributed by atoms with van der Waals surface area (Å²) >= 11 is 6.07. The predicted molar refractivity (Wildman–Crippen MR) is 84.4 cm³/mol. The van der Waals surface area contributed by atoms with E-state index >= 15 is 0 Å². The maximum absolute atomic E-state index is 6.07. The average Bonchev–Trinajstić information content (AvgIpc) is 2.47. The van der Waals surface area contributed by atoms with Crippen LogP contribution in [0.3, 0.4) is 0 Å². The molecule has 2 N–H and O–H groups in total. The summed E-state index contributed by atoms with van der Waals surface area (Å²) in [6, 6.07) is 13.8. The van der Waals surface area contributed by atoms with Crippen LogP contribution in [0.1, 0.15) is 11.1 Å². The first-order chi connectivity index (χ1) is 9.65. The van der Waals surface area contributed by atoms with Crippen molar-refractivity contribution in [2.45, 2.75) is 13.1 Å². The topological polar surface area (TPSA) is 38.5 Å². The molecule has 0 aromatic heterocycles. The van der Waals surface area contributed by atoms with Gasteiger partial charge in [0.1, 0.15) is 5.75 Å². The fourth-order valence-corrected chi connectivity index (χ4v) is 2.46. The van der Waals surface area contributed by atoms with Crippen molar-refractivity contribution in [3.05, 3.63) is 58.6 Å². The summed E-state index contributed by atoms with van der Waals surface area (Å²) in [4.78, 5) is 2.15. The molecule has 2 aromatic carbocycles. The zero-order valence-electron chi connectivity index (χ0n) is 11.8. The van der Waals surface area contributed by atoms with Crippen LogP contribution in [0.15, 0.2) is 42.5 Å². The first-order valence-corrected chi connectivity index (χ1v) is 6.85. The Kier molecular flexibility index (Phi) is 4.88. The number of ether oxygens (including phenoxy) is 1. The molecule has 0 saturated carbocycles. The van der Waals surface area contributed by atoms with Crippen molar-refractivity contribution in [2.24, 2.45) is 5.73 Å². The molecule has 2 aromatic rings. The molecule has 0 radical (unpaired) electrons. The summed E-state index contributed by atoms with van der Waals surface area (Å²) in [5, 5.41) is 0.710. The van der Waals surface area contributed by atoms with Gasteiger partial charge in [-0.1, -0.05) is 29.8 Å². The van der Waals surface area contributed by atoms with Crippen molar-refractivity contribution in [3.8, 4) is 5.75 Å². The number of halogens is 1. The van der Waals surface area contributed by atoms with Gasteiger partial charge < -0.3 is 15.4 Å². The van der Waals surface area contributed by atoms with E-state index in [-0.39, 0.29) is 0 Å². The van der Waals surface area contributed by atoms with Gasteiger partial charge in [0.25, 0.3) is 0 Å². The molecule has 0 bridgehead atoms. The summed E-state index contributed by atoms with van der Waals surface area (Å²) in [5.41, 5.74) is 9.08. The minimum Gasteiger partial charge on any atom is -0.496 e. The largest absolute Gasteiger partial charge is 0.496 e. The summed E-state index contributed by atoms with van der Waals surface area (Å²) < 4.78 is 5.38. The maximum Gasteiger partial charge on any atom is 0.123 e. The van der Waals surface area contributed by atoms with Gasteiger partial charge in [-0.25, -0.2) is 0 Å². The van der Waals surface area contributed by atoms with Crippen LogP contribution in [0.2, 0.25) is 5.02 Å². The lowest BCUT2D eigenvalue weighted by molar-refractivity contribution is 0.409. The van der Waals surface area contributed by atoms with Gasteiger partial charge in [-0.05, 0) is 29.8 Å². The van der Waals surface area contributed by atoms with Crippen molar-refractivity contribution in [2.75, 3.05) is 19.1 Å². The zero-order valence-corrected chi connectivity index (χ0v) is 12.5. The lowest BCUT2D eigenvalue weighted by Gasteiger charge is -2.23. The minimum absolute atomic E-state index is 0.521. The van der Waals surface area contributed by atoms with E-state index in [0.717, 1.165) is 22.6 Å². The number of hydrogen-bond acceptors (Lipinski definition) is 3. The minimum atomic E-state index is 0.521. The Balaban J connectivity index is 2.27. The Morgan fingerprint density at radius 1 is 1.15 bits per heavy atom. The second kappa shape index (κ2) is 6.64. The Bertz CT molecular complexity index is 586. The van der Waals surface area contributed by atoms with Crippen molar-refractivity contribution in [1.29, 1.82) is 0 Å². The molecule has 3 nitrogen and oxygen atoms in total. The van der Waals surface area contributed by atoms with E-state index in [0.29, 0.717) is 18.1 Å². The van der Waals surface area contributed by atoms with Crippen LogP contribution >= 0.6 is 11.6 Å². The highest BCUT2D eigenvalue weighted by atomic mass is 35.5. The zero-order chi connectivity index (χ0) is 14.5. The predicted octanol–water partition coefficient (Wildman–Crippen LogP) is 3.44. The number of rotatable bonds is 5. The highest BCUT2D eigenvalue weighted by molar-refractivity contribution is 6.30. The van der Waals surface area contributed by atoms with E-state index in [2.05, 4.69) is 11.0 Å². The summed E-state index contributed by atoms with van der Waals surface area (Å²) in [6.07, 6.45) is 0. The second-order valence-corrected chi connectivity index (χ2v) is 5.08. The van der Waals surface area contributed by atoms with Crippen molar-refractivity contribution < 1.29 is 4.74 Å². The third-order valence-electron chi connectivity index (χ3n) is 3.27. The van der Waals surface area contributed by atoms with Gasteiger partial charge in [0.2, 0.25) is 0 Å². The molecule has 106 valence electrons. The first-order valence-electron chi connectivity index (χ1n) is 6.47. The normalized spacial score (nSPS) is 10.4. The third kappa shape index (κ3) is 3.24. The molecule has 0 unspecified atom stereocenters. The van der Waals surface area contributed by atoms with Gasteiger partial charge in [-0.2, -0.15) is 0 Å².